The number of amides is 3. The Kier molecular flexibility index (Phi) is 9.22. The van der Waals surface area contributed by atoms with Gasteiger partial charge in [0.2, 0.25) is 5.88 Å². The van der Waals surface area contributed by atoms with Gasteiger partial charge in [-0.25, -0.2) is 9.78 Å². The van der Waals surface area contributed by atoms with Crippen molar-refractivity contribution < 1.29 is 32.6 Å². The number of halogens is 3. The van der Waals surface area contributed by atoms with Gasteiger partial charge in [0.1, 0.15) is 11.7 Å². The quantitative estimate of drug-likeness (QED) is 0.519. The molecule has 0 unspecified atom stereocenters. The molecule has 1 aliphatic heterocycles. The number of pyridine rings is 1. The van der Waals surface area contributed by atoms with Gasteiger partial charge >= 0.3 is 12.2 Å². The van der Waals surface area contributed by atoms with Crippen molar-refractivity contribution in [3.8, 4) is 17.0 Å². The molecule has 1 fully saturated rings. The van der Waals surface area contributed by atoms with Gasteiger partial charge in [-0.2, -0.15) is 13.2 Å². The van der Waals surface area contributed by atoms with E-state index >= 15 is 0 Å². The number of fused-ring (bicyclic) bond motifs is 1. The summed E-state index contributed by atoms with van der Waals surface area (Å²) < 4.78 is 46.2. The zero-order valence-electron chi connectivity index (χ0n) is 23.1. The number of carbonyl (C=O) groups is 2. The molecule has 2 aliphatic rings. The van der Waals surface area contributed by atoms with Crippen LogP contribution in [-0.2, 0) is 6.18 Å². The van der Waals surface area contributed by atoms with Gasteiger partial charge in [-0.1, -0.05) is 38.3 Å². The number of likely N-dealkylation sites (N-methyl/N-ethyl adjacent to an activating group) is 1. The largest absolute Gasteiger partial charge is 0.472 e. The molecule has 0 saturated heterocycles. The van der Waals surface area contributed by atoms with Gasteiger partial charge in [0.15, 0.2) is 0 Å². The lowest BCUT2D eigenvalue weighted by molar-refractivity contribution is -0.137. The topological polar surface area (TPSA) is 95.0 Å². The van der Waals surface area contributed by atoms with E-state index in [1.54, 1.807) is 18.9 Å². The molecule has 1 aromatic heterocycles. The summed E-state index contributed by atoms with van der Waals surface area (Å²) in [6.45, 7) is 3.82. The molecule has 1 aliphatic carbocycles. The second kappa shape index (κ2) is 12.4. The predicted octanol–water partition coefficient (Wildman–Crippen LogP) is 4.96. The summed E-state index contributed by atoms with van der Waals surface area (Å²) in [6, 6.07) is 5.72. The number of benzene rings is 1. The van der Waals surface area contributed by atoms with E-state index in [1.165, 1.54) is 35.7 Å². The summed E-state index contributed by atoms with van der Waals surface area (Å²) in [5.74, 6) is -0.624. The Hall–Kier alpha value is -3.34. The van der Waals surface area contributed by atoms with Crippen LogP contribution < -0.4 is 10.1 Å². The highest BCUT2D eigenvalue weighted by Gasteiger charge is 2.35. The predicted molar refractivity (Wildman–Crippen MR) is 144 cm³/mol. The Balaban J connectivity index is 1.63. The van der Waals surface area contributed by atoms with Gasteiger partial charge in [0.25, 0.3) is 5.91 Å². The molecule has 2 aromatic rings. The molecule has 11 heteroatoms. The van der Waals surface area contributed by atoms with Crippen molar-refractivity contribution >= 4 is 11.9 Å². The summed E-state index contributed by atoms with van der Waals surface area (Å²) in [7, 11) is 1.69. The first-order valence-corrected chi connectivity index (χ1v) is 13.8. The molecular formula is C29H37F3N4O4. The summed E-state index contributed by atoms with van der Waals surface area (Å²) in [6.07, 6.45) is 1.61. The molecule has 0 bridgehead atoms. The molecule has 0 spiro atoms. The molecule has 0 radical (unpaired) electrons. The van der Waals surface area contributed by atoms with Crippen LogP contribution in [0.15, 0.2) is 36.5 Å². The summed E-state index contributed by atoms with van der Waals surface area (Å²) in [5.41, 5.74) is -0.141. The number of alkyl halides is 3. The molecular weight excluding hydrogens is 525 g/mol. The molecule has 1 saturated carbocycles. The molecule has 218 valence electrons. The maximum absolute atomic E-state index is 13.6. The van der Waals surface area contributed by atoms with Gasteiger partial charge in [-0.15, -0.1) is 0 Å². The van der Waals surface area contributed by atoms with Crippen LogP contribution in [0, 0.1) is 5.92 Å². The number of hydrogen-bond donors (Lipinski definition) is 2. The number of rotatable bonds is 6. The van der Waals surface area contributed by atoms with Crippen molar-refractivity contribution in [2.45, 2.75) is 70.3 Å². The van der Waals surface area contributed by atoms with Crippen LogP contribution in [0.3, 0.4) is 0 Å². The molecule has 2 N–H and O–H groups in total. The molecule has 40 heavy (non-hydrogen) atoms. The molecule has 4 rings (SSSR count). The zero-order chi connectivity index (χ0) is 29.0. The summed E-state index contributed by atoms with van der Waals surface area (Å²) in [4.78, 5) is 34.0. The normalized spacial score (nSPS) is 21.1. The van der Waals surface area contributed by atoms with E-state index in [-0.39, 0.29) is 54.7 Å². The number of carbonyl (C=O) groups excluding carboxylic acids is 2. The fourth-order valence-corrected chi connectivity index (χ4v) is 5.24. The summed E-state index contributed by atoms with van der Waals surface area (Å²) in [5, 5.41) is 13.0. The van der Waals surface area contributed by atoms with E-state index < -0.39 is 29.8 Å². The molecule has 3 atom stereocenters. The number of hydrogen-bond acceptors (Lipinski definition) is 5. The van der Waals surface area contributed by atoms with Crippen molar-refractivity contribution in [3.05, 3.63) is 47.7 Å². The van der Waals surface area contributed by atoms with Crippen molar-refractivity contribution in [2.75, 3.05) is 26.7 Å². The van der Waals surface area contributed by atoms with Crippen LogP contribution >= 0.6 is 0 Å². The lowest BCUT2D eigenvalue weighted by Gasteiger charge is -2.38. The van der Waals surface area contributed by atoms with Gasteiger partial charge in [0, 0.05) is 37.3 Å². The van der Waals surface area contributed by atoms with Crippen molar-refractivity contribution in [3.63, 3.8) is 0 Å². The van der Waals surface area contributed by atoms with E-state index in [9.17, 15) is 27.9 Å². The number of urea groups is 1. The minimum atomic E-state index is -4.52. The summed E-state index contributed by atoms with van der Waals surface area (Å²) >= 11 is 0. The SMILES string of the molecule is C[C@H](CO)N1C[C@H](C)[C@H](CN(C)C(=O)NC2CCCCC2)Oc2ncc(-c3cccc(C(F)(F)F)c3)cc2C1=O. The smallest absolute Gasteiger partial charge is 0.416 e. The van der Waals surface area contributed by atoms with Crippen molar-refractivity contribution in [2.24, 2.45) is 5.92 Å². The van der Waals surface area contributed by atoms with Gasteiger partial charge in [0.05, 0.1) is 24.8 Å². The number of nitrogens with zero attached hydrogens (tertiary/aromatic N) is 3. The number of ether oxygens (including phenoxy) is 1. The first-order chi connectivity index (χ1) is 19.0. The third-order valence-corrected chi connectivity index (χ3v) is 7.78. The fourth-order valence-electron chi connectivity index (χ4n) is 5.24. The minimum Gasteiger partial charge on any atom is -0.472 e. The van der Waals surface area contributed by atoms with E-state index in [1.807, 2.05) is 6.92 Å². The third kappa shape index (κ3) is 6.86. The Morgan fingerprint density at radius 2 is 1.95 bits per heavy atom. The number of aromatic nitrogens is 1. The second-order valence-corrected chi connectivity index (χ2v) is 10.9. The molecule has 8 nitrogen and oxygen atoms in total. The lowest BCUT2D eigenvalue weighted by atomic mass is 9.96. The average molecular weight is 563 g/mol. The Morgan fingerprint density at radius 3 is 2.62 bits per heavy atom. The van der Waals surface area contributed by atoms with Gasteiger partial charge in [-0.05, 0) is 43.5 Å². The lowest BCUT2D eigenvalue weighted by Crippen LogP contribution is -2.52. The molecule has 3 amide bonds. The van der Waals surface area contributed by atoms with Crippen LogP contribution in [-0.4, -0.2) is 76.8 Å². The van der Waals surface area contributed by atoms with Crippen molar-refractivity contribution in [1.29, 1.82) is 0 Å². The van der Waals surface area contributed by atoms with Crippen LogP contribution in [0.1, 0.15) is 61.9 Å². The van der Waals surface area contributed by atoms with E-state index in [0.717, 1.165) is 37.8 Å². The first kappa shape index (κ1) is 29.6. The maximum Gasteiger partial charge on any atom is 0.416 e. The van der Waals surface area contributed by atoms with Crippen molar-refractivity contribution in [1.82, 2.24) is 20.1 Å². The number of nitrogens with one attached hydrogen (secondary N) is 1. The van der Waals surface area contributed by atoms with Crippen LogP contribution in [0.25, 0.3) is 11.1 Å². The monoisotopic (exact) mass is 562 g/mol. The van der Waals surface area contributed by atoms with E-state index in [0.29, 0.717) is 5.56 Å². The third-order valence-electron chi connectivity index (χ3n) is 7.78. The van der Waals surface area contributed by atoms with Gasteiger partial charge < -0.3 is 25.0 Å². The van der Waals surface area contributed by atoms with Gasteiger partial charge in [-0.3, -0.25) is 4.79 Å². The van der Waals surface area contributed by atoms with Crippen LogP contribution in [0.5, 0.6) is 5.88 Å². The number of aliphatic hydroxyl groups excluding tert-OH is 1. The molecule has 2 heterocycles. The van der Waals surface area contributed by atoms with E-state index in [4.69, 9.17) is 4.74 Å². The second-order valence-electron chi connectivity index (χ2n) is 10.9. The van der Waals surface area contributed by atoms with Crippen LogP contribution in [0.4, 0.5) is 18.0 Å². The number of aliphatic hydroxyl groups is 1. The Labute approximate surface area is 232 Å². The Morgan fingerprint density at radius 1 is 1.23 bits per heavy atom. The van der Waals surface area contributed by atoms with Crippen LogP contribution in [0.2, 0.25) is 0 Å². The average Bonchev–Trinajstić information content (AvgIpc) is 2.94. The van der Waals surface area contributed by atoms with E-state index in [2.05, 4.69) is 10.3 Å². The standard InChI is InChI=1S/C29H37F3N4O4/c1-18-15-36(19(2)17-37)27(38)24-13-21(20-8-7-9-22(12-20)29(30,31)32)14-33-26(24)40-25(18)16-35(3)28(39)34-23-10-5-4-6-11-23/h7-9,12-14,18-19,23,25,37H,4-6,10-11,15-17H2,1-3H3,(H,34,39)/t18-,19+,25-/m0/s1. The maximum atomic E-state index is 13.6. The highest BCUT2D eigenvalue weighted by Crippen LogP contribution is 2.34. The first-order valence-electron chi connectivity index (χ1n) is 13.8. The fraction of sp³-hybridized carbons (Fsp3) is 0.552. The molecule has 1 aromatic carbocycles. The Bertz CT molecular complexity index is 1200. The highest BCUT2D eigenvalue weighted by molar-refractivity contribution is 5.98. The zero-order valence-corrected chi connectivity index (χ0v) is 23.1. The highest BCUT2D eigenvalue weighted by atomic mass is 19.4. The minimum absolute atomic E-state index is 0.0357.